The summed E-state index contributed by atoms with van der Waals surface area (Å²) in [6.07, 6.45) is 10.1. The molecule has 1 unspecified atom stereocenters. The highest BCUT2D eigenvalue weighted by Gasteiger charge is 2.14. The summed E-state index contributed by atoms with van der Waals surface area (Å²) in [6.45, 7) is 3.95. The first-order valence-electron chi connectivity index (χ1n) is 5.80. The zero-order valence-corrected chi connectivity index (χ0v) is 9.30. The number of hydrogen-bond acceptors (Lipinski definition) is 2. The van der Waals surface area contributed by atoms with Crippen LogP contribution in [0.15, 0.2) is 11.6 Å². The first-order chi connectivity index (χ1) is 6.83. The third-order valence-corrected chi connectivity index (χ3v) is 2.78. The first-order valence-corrected chi connectivity index (χ1v) is 5.80. The van der Waals surface area contributed by atoms with Gasteiger partial charge in [-0.2, -0.15) is 0 Å². The van der Waals surface area contributed by atoms with E-state index in [0.717, 1.165) is 19.6 Å². The Hall–Kier alpha value is -0.340. The molecule has 1 rings (SSSR count). The summed E-state index contributed by atoms with van der Waals surface area (Å²) in [5.74, 6) is 0. The summed E-state index contributed by atoms with van der Waals surface area (Å²) in [4.78, 5) is 0. The predicted molar refractivity (Wildman–Crippen MR) is 60.3 cm³/mol. The Morgan fingerprint density at radius 3 is 3.07 bits per heavy atom. The molecule has 0 saturated carbocycles. The Morgan fingerprint density at radius 2 is 2.43 bits per heavy atom. The van der Waals surface area contributed by atoms with Gasteiger partial charge < -0.3 is 10.5 Å². The van der Waals surface area contributed by atoms with E-state index in [0.29, 0.717) is 6.10 Å². The minimum absolute atomic E-state index is 0.553. The van der Waals surface area contributed by atoms with Crippen molar-refractivity contribution in [2.24, 2.45) is 5.73 Å². The first kappa shape index (κ1) is 11.7. The highest BCUT2D eigenvalue weighted by molar-refractivity contribution is 4.97. The number of hydrogen-bond donors (Lipinski definition) is 1. The molecule has 1 aliphatic rings. The molecular weight excluding hydrogens is 174 g/mol. The van der Waals surface area contributed by atoms with Crippen LogP contribution in [-0.2, 0) is 4.74 Å². The van der Waals surface area contributed by atoms with Crippen LogP contribution in [0, 0.1) is 0 Å². The molecule has 1 aliphatic heterocycles. The molecule has 2 nitrogen and oxygen atoms in total. The van der Waals surface area contributed by atoms with E-state index in [4.69, 9.17) is 10.5 Å². The van der Waals surface area contributed by atoms with Crippen LogP contribution in [0.1, 0.15) is 45.4 Å². The average Bonchev–Trinajstić information content (AvgIpc) is 2.67. The van der Waals surface area contributed by atoms with Gasteiger partial charge in [0.15, 0.2) is 0 Å². The maximum atomic E-state index is 5.58. The molecule has 0 radical (unpaired) electrons. The fourth-order valence-corrected chi connectivity index (χ4v) is 1.91. The van der Waals surface area contributed by atoms with Crippen molar-refractivity contribution >= 4 is 0 Å². The summed E-state index contributed by atoms with van der Waals surface area (Å²) < 4.78 is 5.58. The van der Waals surface area contributed by atoms with Crippen LogP contribution in [0.25, 0.3) is 0 Å². The molecule has 0 aromatic heterocycles. The van der Waals surface area contributed by atoms with Crippen molar-refractivity contribution in [2.75, 3.05) is 13.2 Å². The SMILES string of the molecule is CC(=CCCN)CCCC1CCCO1. The maximum absolute atomic E-state index is 5.58. The smallest absolute Gasteiger partial charge is 0.0576 e. The second-order valence-corrected chi connectivity index (χ2v) is 4.16. The minimum Gasteiger partial charge on any atom is -0.378 e. The maximum Gasteiger partial charge on any atom is 0.0576 e. The zero-order chi connectivity index (χ0) is 10.2. The van der Waals surface area contributed by atoms with Crippen molar-refractivity contribution in [3.63, 3.8) is 0 Å². The number of allylic oxidation sites excluding steroid dienone is 1. The van der Waals surface area contributed by atoms with Gasteiger partial charge in [-0.3, -0.25) is 0 Å². The molecule has 14 heavy (non-hydrogen) atoms. The molecule has 2 N–H and O–H groups in total. The molecule has 2 heteroatoms. The molecular formula is C12H23NO. The van der Waals surface area contributed by atoms with Gasteiger partial charge in [-0.15, -0.1) is 0 Å². The van der Waals surface area contributed by atoms with E-state index in [1.54, 1.807) is 0 Å². The van der Waals surface area contributed by atoms with Crippen molar-refractivity contribution in [3.8, 4) is 0 Å². The molecule has 1 heterocycles. The van der Waals surface area contributed by atoms with E-state index >= 15 is 0 Å². The van der Waals surface area contributed by atoms with Crippen LogP contribution in [0.2, 0.25) is 0 Å². The third kappa shape index (κ3) is 4.77. The van der Waals surface area contributed by atoms with Crippen molar-refractivity contribution in [3.05, 3.63) is 11.6 Å². The molecule has 1 saturated heterocycles. The van der Waals surface area contributed by atoms with Crippen molar-refractivity contribution in [2.45, 2.75) is 51.6 Å². The normalized spacial score (nSPS) is 23.0. The standard InChI is InChI=1S/C12H23NO/c1-11(6-3-9-13)5-2-7-12-8-4-10-14-12/h6,12H,2-5,7-10,13H2,1H3. The fourth-order valence-electron chi connectivity index (χ4n) is 1.91. The summed E-state index contributed by atoms with van der Waals surface area (Å²) >= 11 is 0. The lowest BCUT2D eigenvalue weighted by Gasteiger charge is -2.08. The molecule has 1 atom stereocenters. The summed E-state index contributed by atoms with van der Waals surface area (Å²) in [5.41, 5.74) is 6.92. The van der Waals surface area contributed by atoms with Crippen LogP contribution >= 0.6 is 0 Å². The van der Waals surface area contributed by atoms with Crippen molar-refractivity contribution < 1.29 is 4.74 Å². The zero-order valence-electron chi connectivity index (χ0n) is 9.30. The lowest BCUT2D eigenvalue weighted by molar-refractivity contribution is 0.102. The Labute approximate surface area is 87.5 Å². The van der Waals surface area contributed by atoms with Gasteiger partial charge in [0, 0.05) is 6.61 Å². The predicted octanol–water partition coefficient (Wildman–Crippen LogP) is 2.63. The summed E-state index contributed by atoms with van der Waals surface area (Å²) in [7, 11) is 0. The monoisotopic (exact) mass is 197 g/mol. The third-order valence-electron chi connectivity index (χ3n) is 2.78. The van der Waals surface area contributed by atoms with Gasteiger partial charge in [0.05, 0.1) is 6.10 Å². The van der Waals surface area contributed by atoms with Crippen LogP contribution in [0.5, 0.6) is 0 Å². The molecule has 0 spiro atoms. The second-order valence-electron chi connectivity index (χ2n) is 4.16. The highest BCUT2D eigenvalue weighted by Crippen LogP contribution is 2.19. The van der Waals surface area contributed by atoms with E-state index < -0.39 is 0 Å². The van der Waals surface area contributed by atoms with Gasteiger partial charge in [0.1, 0.15) is 0 Å². The summed E-state index contributed by atoms with van der Waals surface area (Å²) in [6, 6.07) is 0. The Balaban J connectivity index is 2.02. The molecule has 0 bridgehead atoms. The Morgan fingerprint density at radius 1 is 1.57 bits per heavy atom. The Bertz CT molecular complexity index is 171. The molecule has 1 fully saturated rings. The van der Waals surface area contributed by atoms with Gasteiger partial charge in [0.25, 0.3) is 0 Å². The van der Waals surface area contributed by atoms with E-state index in [-0.39, 0.29) is 0 Å². The van der Waals surface area contributed by atoms with E-state index in [2.05, 4.69) is 13.0 Å². The lowest BCUT2D eigenvalue weighted by atomic mass is 10.1. The molecule has 0 aromatic rings. The summed E-state index contributed by atoms with van der Waals surface area (Å²) in [5, 5.41) is 0. The molecule has 0 aromatic carbocycles. The molecule has 82 valence electrons. The van der Waals surface area contributed by atoms with Crippen LogP contribution in [0.4, 0.5) is 0 Å². The van der Waals surface area contributed by atoms with Gasteiger partial charge in [-0.05, 0) is 52.0 Å². The van der Waals surface area contributed by atoms with Crippen LogP contribution in [0.3, 0.4) is 0 Å². The number of nitrogens with two attached hydrogens (primary N) is 1. The fraction of sp³-hybridized carbons (Fsp3) is 0.833. The minimum atomic E-state index is 0.553. The van der Waals surface area contributed by atoms with Gasteiger partial charge in [0.2, 0.25) is 0 Å². The van der Waals surface area contributed by atoms with Crippen LogP contribution < -0.4 is 5.73 Å². The quantitative estimate of drug-likeness (QED) is 0.664. The van der Waals surface area contributed by atoms with Crippen LogP contribution in [-0.4, -0.2) is 19.3 Å². The number of ether oxygens (including phenoxy) is 1. The Kier molecular flexibility index (Phi) is 5.88. The van der Waals surface area contributed by atoms with E-state index in [9.17, 15) is 0 Å². The van der Waals surface area contributed by atoms with Gasteiger partial charge >= 0.3 is 0 Å². The lowest BCUT2D eigenvalue weighted by Crippen LogP contribution is -2.04. The highest BCUT2D eigenvalue weighted by atomic mass is 16.5. The van der Waals surface area contributed by atoms with Crippen molar-refractivity contribution in [1.82, 2.24) is 0 Å². The van der Waals surface area contributed by atoms with E-state index in [1.807, 2.05) is 0 Å². The van der Waals surface area contributed by atoms with Gasteiger partial charge in [-0.1, -0.05) is 11.6 Å². The molecule has 0 aliphatic carbocycles. The van der Waals surface area contributed by atoms with E-state index in [1.165, 1.54) is 37.7 Å². The number of rotatable bonds is 6. The topological polar surface area (TPSA) is 35.2 Å². The largest absolute Gasteiger partial charge is 0.378 e. The van der Waals surface area contributed by atoms with Gasteiger partial charge in [-0.25, -0.2) is 0 Å². The second kappa shape index (κ2) is 7.02. The average molecular weight is 197 g/mol. The molecule has 0 amide bonds. The van der Waals surface area contributed by atoms with Crippen molar-refractivity contribution in [1.29, 1.82) is 0 Å².